The third-order valence-corrected chi connectivity index (χ3v) is 7.89. The van der Waals surface area contributed by atoms with Crippen LogP contribution in [0.25, 0.3) is 0 Å². The molecule has 27 nitrogen and oxygen atoms in total. The third kappa shape index (κ3) is 19.4. The van der Waals surface area contributed by atoms with Gasteiger partial charge in [0, 0.05) is 19.6 Å². The normalized spacial score (nSPS) is 19.7. The molecule has 0 aromatic rings. The molecule has 0 bridgehead atoms. The Morgan fingerprint density at radius 3 is 1.17 bits per heavy atom. The van der Waals surface area contributed by atoms with Gasteiger partial charge in [-0.15, -0.1) is 0 Å². The van der Waals surface area contributed by atoms with Gasteiger partial charge in [-0.2, -0.15) is 0 Å². The quantitative estimate of drug-likeness (QED) is 0.0348. The SMILES string of the molecule is CC1NC(=O)CNC(=O)C(CCCN(O)C(=O)CC(=O)O)NC(=O)C(CCCN(O)C(=O)CC(=O)O)NC(=O)C(CCCN(O)C(=O)CC(=O)O)NC(=O)CNC1=O. The summed E-state index contributed by atoms with van der Waals surface area (Å²) in [5.74, 6) is -14.3. The van der Waals surface area contributed by atoms with Crippen molar-refractivity contribution in [3.63, 3.8) is 0 Å². The summed E-state index contributed by atoms with van der Waals surface area (Å²) in [7, 11) is 0. The molecule has 1 rings (SSSR count). The van der Waals surface area contributed by atoms with Gasteiger partial charge >= 0.3 is 17.9 Å². The lowest BCUT2D eigenvalue weighted by Gasteiger charge is -2.26. The monoisotopic (exact) mass is 833 g/mol. The number of carboxylic acids is 3. The van der Waals surface area contributed by atoms with Crippen molar-refractivity contribution in [1.29, 1.82) is 0 Å². The smallest absolute Gasteiger partial charge is 0.312 e. The molecule has 58 heavy (non-hydrogen) atoms. The Hall–Kier alpha value is -6.48. The summed E-state index contributed by atoms with van der Waals surface area (Å²) in [4.78, 5) is 147. The highest BCUT2D eigenvalue weighted by molar-refractivity contribution is 5.97. The standard InChI is InChI=1S/C31H47N9O18/c1-16-28(52)32-15-21(42)35-18(6-3-9-39(57)23(44)12-26(48)49)30(54)37-19(7-4-10-40(58)24(45)13-27(50)51)31(55)36-17(29(53)33-14-20(41)34-16)5-2-8-38(56)22(43)11-25(46)47/h16-19,56-58H,2-15H2,1H3,(H,32,52)(H,33,53)(H,34,41)(H,35,42)(H,36,55)(H,37,54)(H,46,47)(H,48,49)(H,50,51). The summed E-state index contributed by atoms with van der Waals surface area (Å²) in [5, 5.41) is 70.1. The third-order valence-electron chi connectivity index (χ3n) is 7.89. The van der Waals surface area contributed by atoms with E-state index >= 15 is 0 Å². The molecular formula is C31H47N9O18. The zero-order valence-corrected chi connectivity index (χ0v) is 31.1. The van der Waals surface area contributed by atoms with Crippen LogP contribution in [0.2, 0.25) is 0 Å². The maximum atomic E-state index is 13.7. The van der Waals surface area contributed by atoms with E-state index in [4.69, 9.17) is 15.3 Å². The highest BCUT2D eigenvalue weighted by Crippen LogP contribution is 2.08. The van der Waals surface area contributed by atoms with Crippen LogP contribution in [-0.4, -0.2) is 174 Å². The van der Waals surface area contributed by atoms with Crippen LogP contribution in [0.4, 0.5) is 0 Å². The van der Waals surface area contributed by atoms with Gasteiger partial charge in [0.1, 0.15) is 43.4 Å². The molecule has 27 heteroatoms. The molecule has 0 aliphatic carbocycles. The first-order valence-electron chi connectivity index (χ1n) is 17.5. The summed E-state index contributed by atoms with van der Waals surface area (Å²) in [5.41, 5.74) is 0. The van der Waals surface area contributed by atoms with E-state index in [-0.39, 0.29) is 47.3 Å². The average molecular weight is 834 g/mol. The number of carbonyl (C=O) groups excluding carboxylic acids is 9. The van der Waals surface area contributed by atoms with E-state index in [0.29, 0.717) is 0 Å². The Bertz CT molecular complexity index is 1540. The Morgan fingerprint density at radius 1 is 0.500 bits per heavy atom. The molecule has 1 saturated heterocycles. The zero-order valence-electron chi connectivity index (χ0n) is 31.1. The van der Waals surface area contributed by atoms with Gasteiger partial charge in [0.25, 0.3) is 17.7 Å². The van der Waals surface area contributed by atoms with Crippen LogP contribution in [-0.2, 0) is 57.5 Å². The van der Waals surface area contributed by atoms with Gasteiger partial charge in [0.15, 0.2) is 0 Å². The molecule has 4 atom stereocenters. The lowest BCUT2D eigenvalue weighted by atomic mass is 10.1. The summed E-state index contributed by atoms with van der Waals surface area (Å²) >= 11 is 0. The number of carbonyl (C=O) groups is 12. The molecule has 1 heterocycles. The number of nitrogens with zero attached hydrogens (tertiary/aromatic N) is 3. The minimum Gasteiger partial charge on any atom is -0.481 e. The van der Waals surface area contributed by atoms with Crippen molar-refractivity contribution in [2.45, 2.75) is 88.9 Å². The van der Waals surface area contributed by atoms with E-state index in [1.54, 1.807) is 0 Å². The number of aliphatic carboxylic acids is 3. The first-order valence-corrected chi connectivity index (χ1v) is 17.5. The van der Waals surface area contributed by atoms with Crippen molar-refractivity contribution in [2.75, 3.05) is 32.7 Å². The molecule has 1 aliphatic heterocycles. The second-order valence-electron chi connectivity index (χ2n) is 12.7. The molecule has 324 valence electrons. The lowest BCUT2D eigenvalue weighted by Crippen LogP contribution is -2.58. The lowest BCUT2D eigenvalue weighted by molar-refractivity contribution is -0.169. The number of hydrogen-bond donors (Lipinski definition) is 12. The Kier molecular flexibility index (Phi) is 21.3. The average Bonchev–Trinajstić information content (AvgIpc) is 3.12. The van der Waals surface area contributed by atoms with Crippen molar-refractivity contribution in [2.24, 2.45) is 0 Å². The zero-order chi connectivity index (χ0) is 44.1. The van der Waals surface area contributed by atoms with Gasteiger partial charge in [0.05, 0.1) is 13.1 Å². The van der Waals surface area contributed by atoms with Crippen molar-refractivity contribution in [3.05, 3.63) is 0 Å². The van der Waals surface area contributed by atoms with Gasteiger partial charge in [-0.3, -0.25) is 73.2 Å². The molecule has 0 aromatic carbocycles. The van der Waals surface area contributed by atoms with Crippen LogP contribution >= 0.6 is 0 Å². The van der Waals surface area contributed by atoms with Gasteiger partial charge in [0.2, 0.25) is 35.4 Å². The Morgan fingerprint density at radius 2 is 0.810 bits per heavy atom. The van der Waals surface area contributed by atoms with Crippen molar-refractivity contribution in [3.8, 4) is 0 Å². The molecule has 1 fully saturated rings. The minimum atomic E-state index is -1.68. The van der Waals surface area contributed by atoms with Crippen LogP contribution in [0.15, 0.2) is 0 Å². The van der Waals surface area contributed by atoms with E-state index in [9.17, 15) is 73.2 Å². The predicted molar refractivity (Wildman–Crippen MR) is 184 cm³/mol. The molecule has 0 spiro atoms. The van der Waals surface area contributed by atoms with Crippen molar-refractivity contribution >= 4 is 71.1 Å². The Labute approximate surface area is 328 Å². The topological polar surface area (TPSA) is 408 Å². The maximum Gasteiger partial charge on any atom is 0.312 e. The molecule has 0 saturated carbocycles. The largest absolute Gasteiger partial charge is 0.481 e. The van der Waals surface area contributed by atoms with Crippen molar-refractivity contribution in [1.82, 2.24) is 47.1 Å². The number of hydrogen-bond acceptors (Lipinski definition) is 15. The highest BCUT2D eigenvalue weighted by Gasteiger charge is 2.31. The van der Waals surface area contributed by atoms with E-state index in [1.165, 1.54) is 6.92 Å². The minimum absolute atomic E-state index is 0.0486. The first kappa shape index (κ1) is 49.5. The van der Waals surface area contributed by atoms with Gasteiger partial charge in [-0.25, -0.2) is 15.2 Å². The van der Waals surface area contributed by atoms with Crippen LogP contribution in [0.3, 0.4) is 0 Å². The number of carboxylic acid groups (broad SMARTS) is 3. The Balaban J connectivity index is 3.49. The molecular weight excluding hydrogens is 786 g/mol. The predicted octanol–water partition coefficient (Wildman–Crippen LogP) is -5.39. The molecule has 0 aromatic heterocycles. The van der Waals surface area contributed by atoms with Crippen LogP contribution in [0.1, 0.15) is 64.7 Å². The van der Waals surface area contributed by atoms with Crippen LogP contribution in [0, 0.1) is 0 Å². The van der Waals surface area contributed by atoms with E-state index < -0.39 is 154 Å². The summed E-state index contributed by atoms with van der Waals surface area (Å²) < 4.78 is 0. The van der Waals surface area contributed by atoms with E-state index in [2.05, 4.69) is 31.9 Å². The molecule has 4 unspecified atom stereocenters. The number of hydroxylamine groups is 6. The fraction of sp³-hybridized carbons (Fsp3) is 0.613. The maximum absolute atomic E-state index is 13.7. The van der Waals surface area contributed by atoms with E-state index in [1.807, 2.05) is 0 Å². The van der Waals surface area contributed by atoms with Gasteiger partial charge in [-0.1, -0.05) is 0 Å². The second kappa shape index (κ2) is 24.9. The fourth-order valence-corrected chi connectivity index (χ4v) is 4.94. The van der Waals surface area contributed by atoms with E-state index in [0.717, 1.165) is 0 Å². The van der Waals surface area contributed by atoms with Crippen molar-refractivity contribution < 1.29 is 88.5 Å². The summed E-state index contributed by atoms with van der Waals surface area (Å²) in [6.45, 7) is -1.91. The van der Waals surface area contributed by atoms with Crippen LogP contribution < -0.4 is 31.9 Å². The van der Waals surface area contributed by atoms with Crippen LogP contribution in [0.5, 0.6) is 0 Å². The molecule has 12 N–H and O–H groups in total. The fourth-order valence-electron chi connectivity index (χ4n) is 4.94. The summed E-state index contributed by atoms with van der Waals surface area (Å²) in [6.07, 6.45) is -5.29. The number of nitrogens with one attached hydrogen (secondary N) is 6. The molecule has 9 amide bonds. The summed E-state index contributed by atoms with van der Waals surface area (Å²) in [6, 6.07) is -6.13. The first-order chi connectivity index (χ1) is 27.1. The number of rotatable bonds is 18. The molecule has 1 aliphatic rings. The second-order valence-corrected chi connectivity index (χ2v) is 12.7. The van der Waals surface area contributed by atoms with Gasteiger partial charge in [-0.05, 0) is 45.4 Å². The molecule has 0 radical (unpaired) electrons. The van der Waals surface area contributed by atoms with Gasteiger partial charge < -0.3 is 47.2 Å². The number of amides is 9. The highest BCUT2D eigenvalue weighted by atomic mass is 16.5.